The smallest absolute Gasteiger partial charge is 0.135 e. The molecule has 0 N–H and O–H groups in total. The first-order valence-electron chi connectivity index (χ1n) is 5.78. The van der Waals surface area contributed by atoms with Crippen molar-refractivity contribution in [3.63, 3.8) is 0 Å². The van der Waals surface area contributed by atoms with E-state index >= 15 is 0 Å². The van der Waals surface area contributed by atoms with Gasteiger partial charge in [-0.1, -0.05) is 13.8 Å². The molecular weight excluding hydrogens is 284 g/mol. The standard InChI is InChI=1S/C12H19BrN2O2/c1-9(2)12(16)5-4-11-10(13)8-14-15(11)6-7-17-3/h8-9H,4-7H2,1-3H3. The van der Waals surface area contributed by atoms with Gasteiger partial charge in [-0.3, -0.25) is 9.48 Å². The Balaban J connectivity index is 2.62. The molecule has 0 saturated carbocycles. The lowest BCUT2D eigenvalue weighted by Crippen LogP contribution is -2.13. The number of hydrogen-bond donors (Lipinski definition) is 0. The fraction of sp³-hybridized carbons (Fsp3) is 0.667. The maximum absolute atomic E-state index is 11.6. The van der Waals surface area contributed by atoms with E-state index in [4.69, 9.17) is 4.74 Å². The number of nitrogens with zero attached hydrogens (tertiary/aromatic N) is 2. The van der Waals surface area contributed by atoms with Crippen molar-refractivity contribution >= 4 is 21.7 Å². The second-order valence-corrected chi connectivity index (χ2v) is 5.13. The first-order chi connectivity index (χ1) is 8.06. The van der Waals surface area contributed by atoms with E-state index in [-0.39, 0.29) is 11.7 Å². The maximum Gasteiger partial charge on any atom is 0.135 e. The summed E-state index contributed by atoms with van der Waals surface area (Å²) in [5, 5.41) is 4.25. The molecule has 0 atom stereocenters. The van der Waals surface area contributed by atoms with Crippen LogP contribution in [0.25, 0.3) is 0 Å². The number of ketones is 1. The highest BCUT2D eigenvalue weighted by atomic mass is 79.9. The molecule has 96 valence electrons. The highest BCUT2D eigenvalue weighted by Gasteiger charge is 2.12. The zero-order chi connectivity index (χ0) is 12.8. The molecule has 0 aliphatic heterocycles. The quantitative estimate of drug-likeness (QED) is 0.777. The first kappa shape index (κ1) is 14.4. The number of rotatable bonds is 7. The number of carbonyl (C=O) groups excluding carboxylic acids is 1. The molecule has 0 saturated heterocycles. The highest BCUT2D eigenvalue weighted by molar-refractivity contribution is 9.10. The van der Waals surface area contributed by atoms with E-state index in [0.717, 1.165) is 16.6 Å². The van der Waals surface area contributed by atoms with Crippen LogP contribution in [0.3, 0.4) is 0 Å². The van der Waals surface area contributed by atoms with Crippen molar-refractivity contribution in [1.29, 1.82) is 0 Å². The molecule has 0 bridgehead atoms. The third-order valence-electron chi connectivity index (χ3n) is 2.66. The summed E-state index contributed by atoms with van der Waals surface area (Å²) in [6.45, 7) is 5.20. The third kappa shape index (κ3) is 4.24. The molecule has 4 nitrogen and oxygen atoms in total. The Morgan fingerprint density at radius 3 is 2.88 bits per heavy atom. The summed E-state index contributed by atoms with van der Waals surface area (Å²) in [5.41, 5.74) is 1.07. The van der Waals surface area contributed by atoms with Crippen molar-refractivity contribution in [1.82, 2.24) is 9.78 Å². The van der Waals surface area contributed by atoms with Crippen LogP contribution in [0.15, 0.2) is 10.7 Å². The Morgan fingerprint density at radius 1 is 1.59 bits per heavy atom. The fourth-order valence-electron chi connectivity index (χ4n) is 1.54. The molecule has 17 heavy (non-hydrogen) atoms. The van der Waals surface area contributed by atoms with Crippen LogP contribution in [0.4, 0.5) is 0 Å². The molecule has 1 rings (SSSR count). The Labute approximate surface area is 110 Å². The van der Waals surface area contributed by atoms with Gasteiger partial charge < -0.3 is 4.74 Å². The SMILES string of the molecule is COCCn1ncc(Br)c1CCC(=O)C(C)C. The molecular formula is C12H19BrN2O2. The van der Waals surface area contributed by atoms with Gasteiger partial charge in [-0.05, 0) is 22.4 Å². The lowest BCUT2D eigenvalue weighted by Gasteiger charge is -2.08. The second-order valence-electron chi connectivity index (χ2n) is 4.28. The second kappa shape index (κ2) is 6.91. The van der Waals surface area contributed by atoms with Gasteiger partial charge >= 0.3 is 0 Å². The van der Waals surface area contributed by atoms with Crippen LogP contribution in [0.2, 0.25) is 0 Å². The lowest BCUT2D eigenvalue weighted by atomic mass is 10.0. The zero-order valence-electron chi connectivity index (χ0n) is 10.6. The van der Waals surface area contributed by atoms with Gasteiger partial charge in [-0.25, -0.2) is 0 Å². The summed E-state index contributed by atoms with van der Waals surface area (Å²) in [4.78, 5) is 11.6. The predicted molar refractivity (Wildman–Crippen MR) is 70.0 cm³/mol. The average Bonchev–Trinajstić information content (AvgIpc) is 2.64. The van der Waals surface area contributed by atoms with E-state index in [0.29, 0.717) is 19.6 Å². The molecule has 0 spiro atoms. The summed E-state index contributed by atoms with van der Waals surface area (Å²) in [5.74, 6) is 0.389. The topological polar surface area (TPSA) is 44.1 Å². The van der Waals surface area contributed by atoms with Crippen molar-refractivity contribution in [3.05, 3.63) is 16.4 Å². The van der Waals surface area contributed by atoms with E-state index in [1.54, 1.807) is 13.3 Å². The Kier molecular flexibility index (Phi) is 5.85. The van der Waals surface area contributed by atoms with Crippen LogP contribution in [-0.2, 0) is 22.5 Å². The summed E-state index contributed by atoms with van der Waals surface area (Å²) >= 11 is 3.46. The van der Waals surface area contributed by atoms with Crippen LogP contribution in [0.1, 0.15) is 26.0 Å². The summed E-state index contributed by atoms with van der Waals surface area (Å²) in [7, 11) is 1.67. The average molecular weight is 303 g/mol. The lowest BCUT2D eigenvalue weighted by molar-refractivity contribution is -0.121. The molecule has 1 heterocycles. The molecule has 0 aromatic carbocycles. The van der Waals surface area contributed by atoms with Gasteiger partial charge in [0.05, 0.1) is 29.5 Å². The van der Waals surface area contributed by atoms with Crippen LogP contribution >= 0.6 is 15.9 Å². The zero-order valence-corrected chi connectivity index (χ0v) is 12.2. The highest BCUT2D eigenvalue weighted by Crippen LogP contribution is 2.18. The van der Waals surface area contributed by atoms with Crippen LogP contribution in [0.5, 0.6) is 0 Å². The number of ether oxygens (including phenoxy) is 1. The van der Waals surface area contributed by atoms with Crippen molar-refractivity contribution in [3.8, 4) is 0 Å². The number of halogens is 1. The molecule has 5 heteroatoms. The number of carbonyl (C=O) groups is 1. The van der Waals surface area contributed by atoms with Gasteiger partial charge in [0.15, 0.2) is 0 Å². The van der Waals surface area contributed by atoms with E-state index < -0.39 is 0 Å². The van der Waals surface area contributed by atoms with Gasteiger partial charge in [-0.2, -0.15) is 5.10 Å². The molecule has 0 radical (unpaired) electrons. The molecule has 0 unspecified atom stereocenters. The number of methoxy groups -OCH3 is 1. The van der Waals surface area contributed by atoms with Gasteiger partial charge in [0.25, 0.3) is 0 Å². The molecule has 0 aliphatic rings. The molecule has 1 aromatic rings. The van der Waals surface area contributed by atoms with Gasteiger partial charge in [0.1, 0.15) is 5.78 Å². The van der Waals surface area contributed by atoms with E-state index in [2.05, 4.69) is 21.0 Å². The Bertz CT molecular complexity index is 375. The van der Waals surface area contributed by atoms with E-state index in [1.165, 1.54) is 0 Å². The summed E-state index contributed by atoms with van der Waals surface area (Å²) in [6.07, 6.45) is 3.06. The van der Waals surface area contributed by atoms with Crippen LogP contribution in [-0.4, -0.2) is 29.3 Å². The first-order valence-corrected chi connectivity index (χ1v) is 6.57. The molecule has 0 aliphatic carbocycles. The van der Waals surface area contributed by atoms with Crippen molar-refractivity contribution < 1.29 is 9.53 Å². The van der Waals surface area contributed by atoms with Crippen molar-refractivity contribution in [2.75, 3.05) is 13.7 Å². The summed E-state index contributed by atoms with van der Waals surface area (Å²) < 4.78 is 7.88. The molecule has 0 amide bonds. The van der Waals surface area contributed by atoms with E-state index in [9.17, 15) is 4.79 Å². The van der Waals surface area contributed by atoms with Crippen LogP contribution < -0.4 is 0 Å². The minimum atomic E-state index is 0.101. The Hall–Kier alpha value is -0.680. The minimum Gasteiger partial charge on any atom is -0.383 e. The van der Waals surface area contributed by atoms with Crippen LogP contribution in [0, 0.1) is 5.92 Å². The van der Waals surface area contributed by atoms with Crippen molar-refractivity contribution in [2.45, 2.75) is 33.2 Å². The maximum atomic E-state index is 11.6. The van der Waals surface area contributed by atoms with Crippen molar-refractivity contribution in [2.24, 2.45) is 5.92 Å². The minimum absolute atomic E-state index is 0.101. The fourth-order valence-corrected chi connectivity index (χ4v) is 2.03. The number of Topliss-reactive ketones (excluding diaryl/α,β-unsaturated/α-hetero) is 1. The van der Waals surface area contributed by atoms with Gasteiger partial charge in [0.2, 0.25) is 0 Å². The van der Waals surface area contributed by atoms with Gasteiger partial charge in [0, 0.05) is 19.4 Å². The largest absolute Gasteiger partial charge is 0.383 e. The predicted octanol–water partition coefficient (Wildman–Crippen LogP) is 2.45. The number of aromatic nitrogens is 2. The number of hydrogen-bond acceptors (Lipinski definition) is 3. The summed E-state index contributed by atoms with van der Waals surface area (Å²) in [6, 6.07) is 0. The Morgan fingerprint density at radius 2 is 2.29 bits per heavy atom. The molecule has 0 fully saturated rings. The van der Waals surface area contributed by atoms with Gasteiger partial charge in [-0.15, -0.1) is 0 Å². The molecule has 1 aromatic heterocycles. The normalized spacial score (nSPS) is 11.1. The third-order valence-corrected chi connectivity index (χ3v) is 3.32. The van der Waals surface area contributed by atoms with E-state index in [1.807, 2.05) is 18.5 Å². The monoisotopic (exact) mass is 302 g/mol.